The molecule has 3 nitrogen and oxygen atoms in total. The Kier molecular flexibility index (Phi) is 4.63. The van der Waals surface area contributed by atoms with Crippen molar-refractivity contribution in [3.8, 4) is 5.75 Å². The number of aryl methyl sites for hydroxylation is 1. The Morgan fingerprint density at radius 1 is 1.14 bits per heavy atom. The highest BCUT2D eigenvalue weighted by Gasteiger charge is 2.12. The van der Waals surface area contributed by atoms with E-state index in [1.54, 1.807) is 13.2 Å². The van der Waals surface area contributed by atoms with Crippen molar-refractivity contribution in [2.24, 2.45) is 0 Å². The maximum atomic E-state index is 12.4. The zero-order chi connectivity index (χ0) is 15.4. The van der Waals surface area contributed by atoms with Crippen molar-refractivity contribution in [2.45, 2.75) is 26.7 Å². The first-order chi connectivity index (χ1) is 10.0. The number of hydrogen-bond donors (Lipinski definition) is 1. The molecule has 0 heterocycles. The molecule has 0 spiro atoms. The van der Waals surface area contributed by atoms with Crippen LogP contribution in [0.4, 0.5) is 5.69 Å². The van der Waals surface area contributed by atoms with Crippen LogP contribution in [0.1, 0.15) is 41.3 Å². The van der Waals surface area contributed by atoms with Gasteiger partial charge in [-0.15, -0.1) is 0 Å². The number of hydrogen-bond acceptors (Lipinski definition) is 2. The van der Waals surface area contributed by atoms with Crippen LogP contribution in [-0.2, 0) is 0 Å². The topological polar surface area (TPSA) is 38.3 Å². The molecule has 0 atom stereocenters. The van der Waals surface area contributed by atoms with Gasteiger partial charge in [0.15, 0.2) is 0 Å². The van der Waals surface area contributed by atoms with Gasteiger partial charge in [-0.3, -0.25) is 4.79 Å². The maximum absolute atomic E-state index is 12.4. The first-order valence-electron chi connectivity index (χ1n) is 7.08. The van der Waals surface area contributed by atoms with Gasteiger partial charge >= 0.3 is 0 Å². The molecule has 0 aromatic heterocycles. The van der Waals surface area contributed by atoms with Crippen molar-refractivity contribution in [1.82, 2.24) is 0 Å². The Hall–Kier alpha value is -2.29. The zero-order valence-corrected chi connectivity index (χ0v) is 12.9. The quantitative estimate of drug-likeness (QED) is 0.904. The van der Waals surface area contributed by atoms with Gasteiger partial charge in [-0.2, -0.15) is 0 Å². The molecule has 0 unspecified atom stereocenters. The van der Waals surface area contributed by atoms with Crippen LogP contribution < -0.4 is 10.1 Å². The van der Waals surface area contributed by atoms with Gasteiger partial charge in [0.2, 0.25) is 0 Å². The molecule has 2 aromatic rings. The highest BCUT2D eigenvalue weighted by molar-refractivity contribution is 6.04. The third kappa shape index (κ3) is 3.43. The Balaban J connectivity index is 2.24. The lowest BCUT2D eigenvalue weighted by Gasteiger charge is -2.14. The van der Waals surface area contributed by atoms with E-state index in [9.17, 15) is 4.79 Å². The molecule has 0 aliphatic rings. The number of para-hydroxylation sites is 1. The molecular weight excluding hydrogens is 262 g/mol. The summed E-state index contributed by atoms with van der Waals surface area (Å²) in [6.07, 6.45) is 0. The van der Waals surface area contributed by atoms with Crippen molar-refractivity contribution in [3.05, 3.63) is 59.2 Å². The smallest absolute Gasteiger partial charge is 0.255 e. The van der Waals surface area contributed by atoms with Crippen LogP contribution in [0.15, 0.2) is 42.5 Å². The summed E-state index contributed by atoms with van der Waals surface area (Å²) in [5.41, 5.74) is 3.58. The Bertz CT molecular complexity index is 647. The largest absolute Gasteiger partial charge is 0.496 e. The van der Waals surface area contributed by atoms with Crippen LogP contribution in [-0.4, -0.2) is 13.0 Å². The fourth-order valence-electron chi connectivity index (χ4n) is 2.33. The van der Waals surface area contributed by atoms with E-state index in [-0.39, 0.29) is 5.91 Å². The normalized spacial score (nSPS) is 10.5. The molecule has 0 saturated carbocycles. The second-order valence-corrected chi connectivity index (χ2v) is 5.38. The average molecular weight is 283 g/mol. The van der Waals surface area contributed by atoms with Gasteiger partial charge in [-0.1, -0.05) is 32.0 Å². The molecule has 0 aliphatic heterocycles. The first-order valence-corrected chi connectivity index (χ1v) is 7.08. The number of benzene rings is 2. The number of nitrogens with one attached hydrogen (secondary N) is 1. The molecule has 110 valence electrons. The molecule has 1 N–H and O–H groups in total. The summed E-state index contributed by atoms with van der Waals surface area (Å²) in [6, 6.07) is 13.3. The number of anilines is 1. The van der Waals surface area contributed by atoms with E-state index in [2.05, 4.69) is 19.2 Å². The van der Waals surface area contributed by atoms with Crippen molar-refractivity contribution in [3.63, 3.8) is 0 Å². The number of amides is 1. The summed E-state index contributed by atoms with van der Waals surface area (Å²) in [6.45, 7) is 6.16. The second-order valence-electron chi connectivity index (χ2n) is 5.38. The summed E-state index contributed by atoms with van der Waals surface area (Å²) >= 11 is 0. The third-order valence-electron chi connectivity index (χ3n) is 3.49. The molecule has 21 heavy (non-hydrogen) atoms. The minimum Gasteiger partial charge on any atom is -0.496 e. The lowest BCUT2D eigenvalue weighted by atomic mass is 10.0. The molecule has 0 radical (unpaired) electrons. The van der Waals surface area contributed by atoms with Crippen LogP contribution in [0.25, 0.3) is 0 Å². The lowest BCUT2D eigenvalue weighted by Crippen LogP contribution is -2.14. The number of methoxy groups -OCH3 is 1. The van der Waals surface area contributed by atoms with E-state index in [1.165, 1.54) is 0 Å². The first kappa shape index (κ1) is 15.1. The summed E-state index contributed by atoms with van der Waals surface area (Å²) in [5.74, 6) is 1.04. The monoisotopic (exact) mass is 283 g/mol. The predicted octanol–water partition coefficient (Wildman–Crippen LogP) is 4.38. The van der Waals surface area contributed by atoms with Crippen LogP contribution in [0, 0.1) is 6.92 Å². The van der Waals surface area contributed by atoms with E-state index < -0.39 is 0 Å². The number of ether oxygens (including phenoxy) is 1. The molecular formula is C18H21NO2. The fourth-order valence-corrected chi connectivity index (χ4v) is 2.33. The SMILES string of the molecule is COc1ccc(C(=O)Nc2ccccc2C(C)C)cc1C. The highest BCUT2D eigenvalue weighted by atomic mass is 16.5. The van der Waals surface area contributed by atoms with E-state index in [0.29, 0.717) is 11.5 Å². The van der Waals surface area contributed by atoms with Crippen molar-refractivity contribution in [1.29, 1.82) is 0 Å². The van der Waals surface area contributed by atoms with E-state index >= 15 is 0 Å². The summed E-state index contributed by atoms with van der Waals surface area (Å²) in [5, 5.41) is 2.99. The fraction of sp³-hybridized carbons (Fsp3) is 0.278. The third-order valence-corrected chi connectivity index (χ3v) is 3.49. The molecule has 2 rings (SSSR count). The van der Waals surface area contributed by atoms with E-state index in [4.69, 9.17) is 4.74 Å². The van der Waals surface area contributed by atoms with Crippen LogP contribution >= 0.6 is 0 Å². The van der Waals surface area contributed by atoms with Gasteiger partial charge in [-0.05, 0) is 48.2 Å². The molecule has 0 fully saturated rings. The number of carbonyl (C=O) groups is 1. The Labute approximate surface area is 126 Å². The molecule has 2 aromatic carbocycles. The molecule has 0 saturated heterocycles. The van der Waals surface area contributed by atoms with Crippen molar-refractivity contribution < 1.29 is 9.53 Å². The van der Waals surface area contributed by atoms with Crippen LogP contribution in [0.3, 0.4) is 0 Å². The standard InChI is InChI=1S/C18H21NO2/c1-12(2)15-7-5-6-8-16(15)19-18(20)14-9-10-17(21-4)13(3)11-14/h5-12H,1-4H3,(H,19,20). The Morgan fingerprint density at radius 2 is 1.86 bits per heavy atom. The van der Waals surface area contributed by atoms with Gasteiger partial charge in [0.1, 0.15) is 5.75 Å². The van der Waals surface area contributed by atoms with Crippen molar-refractivity contribution in [2.75, 3.05) is 12.4 Å². The van der Waals surface area contributed by atoms with E-state index in [0.717, 1.165) is 22.6 Å². The maximum Gasteiger partial charge on any atom is 0.255 e. The molecule has 0 aliphatic carbocycles. The Morgan fingerprint density at radius 3 is 2.48 bits per heavy atom. The van der Waals surface area contributed by atoms with Gasteiger partial charge in [0, 0.05) is 11.3 Å². The number of rotatable bonds is 4. The summed E-state index contributed by atoms with van der Waals surface area (Å²) < 4.78 is 5.22. The molecule has 0 bridgehead atoms. The zero-order valence-electron chi connectivity index (χ0n) is 12.9. The predicted molar refractivity (Wildman–Crippen MR) is 86.2 cm³/mol. The number of carbonyl (C=O) groups excluding carboxylic acids is 1. The average Bonchev–Trinajstić information content (AvgIpc) is 2.47. The highest BCUT2D eigenvalue weighted by Crippen LogP contribution is 2.25. The van der Waals surface area contributed by atoms with Gasteiger partial charge in [-0.25, -0.2) is 0 Å². The van der Waals surface area contributed by atoms with Gasteiger partial charge in [0.25, 0.3) is 5.91 Å². The van der Waals surface area contributed by atoms with Crippen molar-refractivity contribution >= 4 is 11.6 Å². The van der Waals surface area contributed by atoms with Crippen LogP contribution in [0.2, 0.25) is 0 Å². The lowest BCUT2D eigenvalue weighted by molar-refractivity contribution is 0.102. The minimum absolute atomic E-state index is 0.103. The molecule has 3 heteroatoms. The minimum atomic E-state index is -0.103. The van der Waals surface area contributed by atoms with Crippen LogP contribution in [0.5, 0.6) is 5.75 Å². The summed E-state index contributed by atoms with van der Waals surface area (Å²) in [4.78, 5) is 12.4. The molecule has 1 amide bonds. The second kappa shape index (κ2) is 6.44. The van der Waals surface area contributed by atoms with E-state index in [1.807, 2.05) is 43.3 Å². The van der Waals surface area contributed by atoms with Gasteiger partial charge in [0.05, 0.1) is 7.11 Å². The van der Waals surface area contributed by atoms with Gasteiger partial charge < -0.3 is 10.1 Å². The summed E-state index contributed by atoms with van der Waals surface area (Å²) in [7, 11) is 1.63.